The number of hydrogen-bond acceptors (Lipinski definition) is 5. The molecule has 9 heteroatoms. The third-order valence-electron chi connectivity index (χ3n) is 4.76. The molecule has 2 aromatic rings. The molecule has 28 heavy (non-hydrogen) atoms. The second-order valence-corrected chi connectivity index (χ2v) is 10.9. The fraction of sp³-hybridized carbons (Fsp3) is 0.316. The van der Waals surface area contributed by atoms with Crippen LogP contribution in [-0.4, -0.2) is 45.1 Å². The van der Waals surface area contributed by atoms with Gasteiger partial charge in [-0.05, 0) is 42.7 Å². The average Bonchev–Trinajstić information content (AvgIpc) is 2.66. The van der Waals surface area contributed by atoms with Crippen molar-refractivity contribution in [3.05, 3.63) is 59.7 Å². The molecule has 0 saturated heterocycles. The maximum absolute atomic E-state index is 12.9. The fourth-order valence-electron chi connectivity index (χ4n) is 3.21. The first-order chi connectivity index (χ1) is 13.1. The van der Waals surface area contributed by atoms with Crippen molar-refractivity contribution < 1.29 is 21.6 Å². The summed E-state index contributed by atoms with van der Waals surface area (Å²) in [5, 5.41) is 2.67. The number of benzene rings is 2. The van der Waals surface area contributed by atoms with Gasteiger partial charge in [0.2, 0.25) is 15.9 Å². The van der Waals surface area contributed by atoms with Crippen LogP contribution >= 0.6 is 0 Å². The van der Waals surface area contributed by atoms with E-state index in [1.807, 2.05) is 24.3 Å². The Morgan fingerprint density at radius 3 is 2.39 bits per heavy atom. The third-order valence-corrected chi connectivity index (χ3v) is 7.70. The summed E-state index contributed by atoms with van der Waals surface area (Å²) in [5.74, 6) is -0.597. The zero-order valence-corrected chi connectivity index (χ0v) is 17.3. The number of carbonyl (C=O) groups is 1. The summed E-state index contributed by atoms with van der Waals surface area (Å²) in [5.41, 5.74) is 2.11. The molecule has 0 aromatic heterocycles. The Kier molecular flexibility index (Phi) is 5.60. The Balaban J connectivity index is 1.92. The van der Waals surface area contributed by atoms with Crippen molar-refractivity contribution in [2.75, 3.05) is 17.3 Å². The van der Waals surface area contributed by atoms with E-state index in [0.29, 0.717) is 5.69 Å². The minimum atomic E-state index is -3.61. The highest BCUT2D eigenvalue weighted by Crippen LogP contribution is 2.27. The van der Waals surface area contributed by atoms with E-state index < -0.39 is 31.8 Å². The quantitative estimate of drug-likeness (QED) is 0.792. The lowest BCUT2D eigenvalue weighted by Crippen LogP contribution is -2.51. The Bertz CT molecular complexity index is 1110. The number of hydrogen-bond donors (Lipinski definition) is 1. The molecule has 1 amide bonds. The van der Waals surface area contributed by atoms with Crippen LogP contribution in [0.1, 0.15) is 18.1 Å². The van der Waals surface area contributed by atoms with Gasteiger partial charge < -0.3 is 5.32 Å². The molecular weight excluding hydrogens is 400 g/mol. The number of sulfonamides is 1. The van der Waals surface area contributed by atoms with Crippen LogP contribution in [0.25, 0.3) is 0 Å². The molecule has 0 radical (unpaired) electrons. The molecule has 1 aliphatic heterocycles. The second kappa shape index (κ2) is 7.65. The molecule has 0 fully saturated rings. The van der Waals surface area contributed by atoms with Crippen LogP contribution in [0.3, 0.4) is 0 Å². The van der Waals surface area contributed by atoms with Crippen LogP contribution in [0.5, 0.6) is 0 Å². The first-order valence-corrected chi connectivity index (χ1v) is 12.3. The highest BCUT2D eigenvalue weighted by molar-refractivity contribution is 7.90. The average molecular weight is 423 g/mol. The summed E-state index contributed by atoms with van der Waals surface area (Å²) in [6.45, 7) is 1.67. The maximum atomic E-state index is 12.9. The van der Waals surface area contributed by atoms with Gasteiger partial charge in [0.05, 0.1) is 10.6 Å². The summed E-state index contributed by atoms with van der Waals surface area (Å²) in [6.07, 6.45) is 1.34. The molecule has 3 rings (SSSR count). The molecule has 2 aromatic carbocycles. The Hall–Kier alpha value is -2.23. The van der Waals surface area contributed by atoms with E-state index in [0.717, 1.165) is 17.4 Å². The summed E-state index contributed by atoms with van der Waals surface area (Å²) >= 11 is 0. The zero-order chi connectivity index (χ0) is 20.5. The monoisotopic (exact) mass is 422 g/mol. The van der Waals surface area contributed by atoms with E-state index in [9.17, 15) is 21.6 Å². The molecule has 1 N–H and O–H groups in total. The molecule has 0 bridgehead atoms. The van der Waals surface area contributed by atoms with Gasteiger partial charge in [-0.2, -0.15) is 4.31 Å². The van der Waals surface area contributed by atoms with Crippen LogP contribution in [0.15, 0.2) is 53.4 Å². The first kappa shape index (κ1) is 20.5. The van der Waals surface area contributed by atoms with Gasteiger partial charge in [0, 0.05) is 18.5 Å². The van der Waals surface area contributed by atoms with Crippen molar-refractivity contribution in [2.24, 2.45) is 0 Å². The van der Waals surface area contributed by atoms with Gasteiger partial charge in [-0.25, -0.2) is 16.8 Å². The number of amides is 1. The van der Waals surface area contributed by atoms with E-state index in [1.54, 1.807) is 13.0 Å². The minimum absolute atomic E-state index is 0.0809. The van der Waals surface area contributed by atoms with Crippen molar-refractivity contribution in [1.82, 2.24) is 4.31 Å². The van der Waals surface area contributed by atoms with Crippen LogP contribution < -0.4 is 5.32 Å². The highest BCUT2D eigenvalue weighted by Gasteiger charge is 2.38. The largest absolute Gasteiger partial charge is 0.325 e. The van der Waals surface area contributed by atoms with Gasteiger partial charge in [-0.1, -0.05) is 30.3 Å². The van der Waals surface area contributed by atoms with Gasteiger partial charge in [-0.3, -0.25) is 4.79 Å². The molecule has 150 valence electrons. The van der Waals surface area contributed by atoms with Crippen molar-refractivity contribution >= 4 is 31.5 Å². The van der Waals surface area contributed by atoms with Gasteiger partial charge in [-0.15, -0.1) is 0 Å². The van der Waals surface area contributed by atoms with E-state index >= 15 is 0 Å². The van der Waals surface area contributed by atoms with Crippen LogP contribution in [0.2, 0.25) is 0 Å². The lowest BCUT2D eigenvalue weighted by molar-refractivity contribution is -0.120. The molecule has 0 unspecified atom stereocenters. The number of rotatable bonds is 5. The van der Waals surface area contributed by atoms with E-state index in [1.165, 1.54) is 22.5 Å². The van der Waals surface area contributed by atoms with Gasteiger partial charge >= 0.3 is 0 Å². The van der Waals surface area contributed by atoms with Crippen molar-refractivity contribution in [3.8, 4) is 0 Å². The summed E-state index contributed by atoms with van der Waals surface area (Å²) in [7, 11) is -7.03. The second-order valence-electron chi connectivity index (χ2n) is 6.72. The zero-order valence-electron chi connectivity index (χ0n) is 15.6. The lowest BCUT2D eigenvalue weighted by Gasteiger charge is -2.34. The number of nitrogens with zero attached hydrogens (tertiary/aromatic N) is 1. The highest BCUT2D eigenvalue weighted by atomic mass is 32.2. The number of anilines is 1. The SMILES string of the molecule is CCS(=O)(=O)N1Cc2ccccc2C[C@H]1C(=O)Nc1cccc(S(C)(=O)=O)c1. The normalized spacial score (nSPS) is 17.7. The molecular formula is C19H22N2O5S2. The third kappa shape index (κ3) is 4.26. The molecule has 7 nitrogen and oxygen atoms in total. The minimum Gasteiger partial charge on any atom is -0.325 e. The Labute approximate surface area is 165 Å². The predicted octanol–water partition coefficient (Wildman–Crippen LogP) is 1.81. The topological polar surface area (TPSA) is 101 Å². The molecule has 0 spiro atoms. The van der Waals surface area contributed by atoms with Crippen molar-refractivity contribution in [1.29, 1.82) is 0 Å². The molecule has 1 heterocycles. The summed E-state index contributed by atoms with van der Waals surface area (Å²) in [6, 6.07) is 12.4. The number of fused-ring (bicyclic) bond motifs is 1. The molecule has 1 aliphatic rings. The Morgan fingerprint density at radius 1 is 1.07 bits per heavy atom. The van der Waals surface area contributed by atoms with Crippen LogP contribution in [0.4, 0.5) is 5.69 Å². The Morgan fingerprint density at radius 2 is 1.75 bits per heavy atom. The number of sulfone groups is 1. The van der Waals surface area contributed by atoms with Crippen molar-refractivity contribution in [3.63, 3.8) is 0 Å². The fourth-order valence-corrected chi connectivity index (χ4v) is 5.10. The number of nitrogens with one attached hydrogen (secondary N) is 1. The van der Waals surface area contributed by atoms with E-state index in [-0.39, 0.29) is 23.6 Å². The predicted molar refractivity (Wildman–Crippen MR) is 107 cm³/mol. The summed E-state index contributed by atoms with van der Waals surface area (Å²) in [4.78, 5) is 13.0. The van der Waals surface area contributed by atoms with Crippen LogP contribution in [-0.2, 0) is 37.6 Å². The number of carbonyl (C=O) groups excluding carboxylic acids is 1. The van der Waals surface area contributed by atoms with Crippen molar-refractivity contribution in [2.45, 2.75) is 30.8 Å². The maximum Gasteiger partial charge on any atom is 0.243 e. The molecule has 1 atom stereocenters. The lowest BCUT2D eigenvalue weighted by atomic mass is 9.95. The molecule has 0 saturated carbocycles. The van der Waals surface area contributed by atoms with E-state index in [2.05, 4.69) is 5.32 Å². The van der Waals surface area contributed by atoms with Crippen LogP contribution in [0, 0.1) is 0 Å². The van der Waals surface area contributed by atoms with Gasteiger partial charge in [0.25, 0.3) is 0 Å². The summed E-state index contributed by atoms with van der Waals surface area (Å²) < 4.78 is 49.9. The molecule has 0 aliphatic carbocycles. The first-order valence-electron chi connectivity index (χ1n) is 8.79. The standard InChI is InChI=1S/C19H22N2O5S2/c1-3-28(25,26)21-13-15-8-5-4-7-14(15)11-18(21)19(22)20-16-9-6-10-17(12-16)27(2,23)24/h4-10,12,18H,3,11,13H2,1-2H3,(H,20,22)/t18-/m0/s1. The van der Waals surface area contributed by atoms with E-state index in [4.69, 9.17) is 0 Å². The smallest absolute Gasteiger partial charge is 0.243 e. The van der Waals surface area contributed by atoms with Gasteiger partial charge in [0.15, 0.2) is 9.84 Å². The van der Waals surface area contributed by atoms with Gasteiger partial charge in [0.1, 0.15) is 6.04 Å².